The number of alkyl halides is 5. The zero-order valence-electron chi connectivity index (χ0n) is 21.1. The number of amides is 1. The van der Waals surface area contributed by atoms with Gasteiger partial charge in [0.25, 0.3) is 11.8 Å². The standard InChI is InChI=1S/C25H30F5N5O3.ClH/c26-24(27)9-4-11-34(15-24)12-8-16(13-21(36)37)32-23(38)19-14-20(35(33-19)17-5-1-2-6-17)22-18(25(28,29)30)7-3-10-31-22;/h3,7,10,14,16-17H,1-2,4-6,8-9,11-13,15H2,(H,32,38)(H,36,37);1H/t16-;/m0./s1. The van der Waals surface area contributed by atoms with Crippen molar-refractivity contribution in [3.63, 3.8) is 0 Å². The largest absolute Gasteiger partial charge is 0.481 e. The van der Waals surface area contributed by atoms with E-state index in [0.717, 1.165) is 18.9 Å². The van der Waals surface area contributed by atoms with Crippen LogP contribution in [0, 0.1) is 0 Å². The summed E-state index contributed by atoms with van der Waals surface area (Å²) in [5.41, 5.74) is -1.40. The van der Waals surface area contributed by atoms with Crippen molar-refractivity contribution in [3.8, 4) is 11.4 Å². The highest BCUT2D eigenvalue weighted by Gasteiger charge is 2.37. The maximum atomic E-state index is 13.7. The van der Waals surface area contributed by atoms with Crippen LogP contribution in [0.3, 0.4) is 0 Å². The van der Waals surface area contributed by atoms with Gasteiger partial charge in [0.1, 0.15) is 5.69 Å². The Hall–Kier alpha value is -2.80. The molecule has 2 aromatic heterocycles. The Morgan fingerprint density at radius 3 is 2.56 bits per heavy atom. The molecule has 1 saturated heterocycles. The third-order valence-electron chi connectivity index (χ3n) is 7.02. The summed E-state index contributed by atoms with van der Waals surface area (Å²) in [6.45, 7) is 0.185. The molecular formula is C25H31ClF5N5O3. The van der Waals surface area contributed by atoms with E-state index in [1.165, 1.54) is 27.9 Å². The molecule has 39 heavy (non-hydrogen) atoms. The molecule has 14 heteroatoms. The van der Waals surface area contributed by atoms with Crippen molar-refractivity contribution in [2.45, 2.75) is 75.5 Å². The normalized spacial score (nSPS) is 18.9. The molecule has 0 bridgehead atoms. The number of rotatable bonds is 9. The summed E-state index contributed by atoms with van der Waals surface area (Å²) in [7, 11) is 0. The lowest BCUT2D eigenvalue weighted by Crippen LogP contribution is -2.45. The summed E-state index contributed by atoms with van der Waals surface area (Å²) in [6, 6.07) is 2.27. The number of pyridine rings is 1. The maximum absolute atomic E-state index is 13.7. The van der Waals surface area contributed by atoms with Crippen LogP contribution in [0.5, 0.6) is 0 Å². The molecule has 2 fully saturated rings. The number of carboxylic acids is 1. The number of carbonyl (C=O) groups excluding carboxylic acids is 1. The lowest BCUT2D eigenvalue weighted by Gasteiger charge is -2.33. The van der Waals surface area contributed by atoms with E-state index in [1.807, 2.05) is 0 Å². The van der Waals surface area contributed by atoms with E-state index in [1.54, 1.807) is 0 Å². The van der Waals surface area contributed by atoms with Gasteiger partial charge in [0.15, 0.2) is 5.69 Å². The zero-order valence-corrected chi connectivity index (χ0v) is 21.9. The van der Waals surface area contributed by atoms with Gasteiger partial charge in [-0.05, 0) is 50.4 Å². The van der Waals surface area contributed by atoms with Crippen molar-refractivity contribution in [1.29, 1.82) is 0 Å². The first-order valence-electron chi connectivity index (χ1n) is 12.7. The second-order valence-corrected chi connectivity index (χ2v) is 9.99. The van der Waals surface area contributed by atoms with E-state index < -0.39 is 48.5 Å². The van der Waals surface area contributed by atoms with Crippen LogP contribution in [0.15, 0.2) is 24.4 Å². The predicted molar refractivity (Wildman–Crippen MR) is 134 cm³/mol. The minimum Gasteiger partial charge on any atom is -0.481 e. The predicted octanol–water partition coefficient (Wildman–Crippen LogP) is 5.20. The van der Waals surface area contributed by atoms with Gasteiger partial charge in [0.2, 0.25) is 0 Å². The third kappa shape index (κ3) is 7.87. The van der Waals surface area contributed by atoms with E-state index in [2.05, 4.69) is 15.4 Å². The quantitative estimate of drug-likeness (QED) is 0.396. The Kier molecular flexibility index (Phi) is 9.92. The molecule has 1 aliphatic carbocycles. The van der Waals surface area contributed by atoms with Crippen molar-refractivity contribution in [1.82, 2.24) is 25.0 Å². The molecule has 0 radical (unpaired) electrons. The highest BCUT2D eigenvalue weighted by atomic mass is 35.5. The van der Waals surface area contributed by atoms with E-state index in [-0.39, 0.29) is 54.9 Å². The lowest BCUT2D eigenvalue weighted by molar-refractivity contribution is -0.138. The molecule has 1 saturated carbocycles. The van der Waals surface area contributed by atoms with Crippen molar-refractivity contribution in [2.24, 2.45) is 0 Å². The molecule has 2 aliphatic rings. The second-order valence-electron chi connectivity index (χ2n) is 9.99. The number of aromatic nitrogens is 3. The van der Waals surface area contributed by atoms with Gasteiger partial charge in [-0.25, -0.2) is 8.78 Å². The van der Waals surface area contributed by atoms with Crippen molar-refractivity contribution < 1.29 is 36.6 Å². The Bertz CT molecular complexity index is 1150. The van der Waals surface area contributed by atoms with Gasteiger partial charge in [-0.3, -0.25) is 24.2 Å². The van der Waals surface area contributed by atoms with Gasteiger partial charge < -0.3 is 10.4 Å². The monoisotopic (exact) mass is 579 g/mol. The first kappa shape index (κ1) is 30.7. The number of nitrogens with one attached hydrogen (secondary N) is 1. The topological polar surface area (TPSA) is 100 Å². The molecular weight excluding hydrogens is 549 g/mol. The van der Waals surface area contributed by atoms with Crippen LogP contribution < -0.4 is 5.32 Å². The number of nitrogens with zero attached hydrogens (tertiary/aromatic N) is 4. The number of aliphatic carboxylic acids is 1. The van der Waals surface area contributed by atoms with Crippen LogP contribution in [-0.4, -0.2) is 68.2 Å². The van der Waals surface area contributed by atoms with E-state index >= 15 is 0 Å². The molecule has 4 rings (SSSR count). The Labute approximate surface area is 228 Å². The summed E-state index contributed by atoms with van der Waals surface area (Å²) in [6.07, 6.45) is -0.523. The number of hydrogen-bond acceptors (Lipinski definition) is 5. The minimum absolute atomic E-state index is 0. The highest BCUT2D eigenvalue weighted by molar-refractivity contribution is 5.94. The first-order valence-corrected chi connectivity index (χ1v) is 12.7. The first-order chi connectivity index (χ1) is 17.9. The fourth-order valence-corrected chi connectivity index (χ4v) is 5.22. The molecule has 0 aromatic carbocycles. The molecule has 3 heterocycles. The van der Waals surface area contributed by atoms with Gasteiger partial charge in [0.05, 0.1) is 30.3 Å². The smallest absolute Gasteiger partial charge is 0.418 e. The highest BCUT2D eigenvalue weighted by Crippen LogP contribution is 2.39. The van der Waals surface area contributed by atoms with Crippen LogP contribution in [0.1, 0.15) is 73.5 Å². The molecule has 1 aliphatic heterocycles. The molecule has 2 aromatic rings. The Balaban J connectivity index is 0.00000420. The van der Waals surface area contributed by atoms with Crippen LogP contribution in [-0.2, 0) is 11.0 Å². The Morgan fingerprint density at radius 2 is 1.92 bits per heavy atom. The fourth-order valence-electron chi connectivity index (χ4n) is 5.22. The molecule has 1 atom stereocenters. The molecule has 216 valence electrons. The number of piperidine rings is 1. The van der Waals surface area contributed by atoms with Gasteiger partial charge >= 0.3 is 12.1 Å². The zero-order chi connectivity index (χ0) is 27.5. The molecule has 0 spiro atoms. The minimum atomic E-state index is -4.67. The molecule has 8 nitrogen and oxygen atoms in total. The Morgan fingerprint density at radius 1 is 1.21 bits per heavy atom. The fraction of sp³-hybridized carbons (Fsp3) is 0.600. The summed E-state index contributed by atoms with van der Waals surface area (Å²) in [4.78, 5) is 30.0. The summed E-state index contributed by atoms with van der Waals surface area (Å²) in [5.74, 6) is -4.74. The maximum Gasteiger partial charge on any atom is 0.418 e. The lowest BCUT2D eigenvalue weighted by atomic mass is 10.1. The average molecular weight is 580 g/mol. The third-order valence-corrected chi connectivity index (χ3v) is 7.02. The van der Waals surface area contributed by atoms with Crippen LogP contribution in [0.2, 0.25) is 0 Å². The van der Waals surface area contributed by atoms with Crippen LogP contribution in [0.25, 0.3) is 11.4 Å². The SMILES string of the molecule is Cl.O=C(O)C[C@H](CCN1CCCC(F)(F)C1)NC(=O)c1cc(-c2ncccc2C(F)(F)F)n(C2CCCC2)n1. The number of likely N-dealkylation sites (tertiary alicyclic amines) is 1. The average Bonchev–Trinajstić information content (AvgIpc) is 3.51. The number of hydrogen-bond donors (Lipinski definition) is 2. The van der Waals surface area contributed by atoms with Crippen LogP contribution in [0.4, 0.5) is 22.0 Å². The number of halogens is 6. The summed E-state index contributed by atoms with van der Waals surface area (Å²) < 4.78 is 70.1. The second kappa shape index (κ2) is 12.6. The van der Waals surface area contributed by atoms with Crippen molar-refractivity contribution in [2.75, 3.05) is 19.6 Å². The van der Waals surface area contributed by atoms with E-state index in [0.29, 0.717) is 25.8 Å². The molecule has 0 unspecified atom stereocenters. The van der Waals surface area contributed by atoms with Crippen molar-refractivity contribution in [3.05, 3.63) is 35.7 Å². The van der Waals surface area contributed by atoms with E-state index in [9.17, 15) is 36.6 Å². The van der Waals surface area contributed by atoms with Gasteiger partial charge in [0, 0.05) is 25.2 Å². The summed E-state index contributed by atoms with van der Waals surface area (Å²) in [5, 5.41) is 16.2. The summed E-state index contributed by atoms with van der Waals surface area (Å²) >= 11 is 0. The van der Waals surface area contributed by atoms with Gasteiger partial charge in [-0.15, -0.1) is 12.4 Å². The van der Waals surface area contributed by atoms with Crippen LogP contribution >= 0.6 is 12.4 Å². The van der Waals surface area contributed by atoms with Gasteiger partial charge in [-0.2, -0.15) is 18.3 Å². The number of carbonyl (C=O) groups is 2. The van der Waals surface area contributed by atoms with Gasteiger partial charge in [-0.1, -0.05) is 12.8 Å². The van der Waals surface area contributed by atoms with Crippen molar-refractivity contribution >= 4 is 24.3 Å². The molecule has 1 amide bonds. The number of carboxylic acid groups (broad SMARTS) is 1. The molecule has 2 N–H and O–H groups in total. The van der Waals surface area contributed by atoms with E-state index in [4.69, 9.17) is 0 Å².